The first-order valence-corrected chi connectivity index (χ1v) is 3.85. The van der Waals surface area contributed by atoms with Gasteiger partial charge in [0, 0.05) is 13.5 Å². The Kier molecular flexibility index (Phi) is 5.76. The van der Waals surface area contributed by atoms with Crippen molar-refractivity contribution in [2.75, 3.05) is 12.4 Å². The van der Waals surface area contributed by atoms with Gasteiger partial charge in [0.2, 0.25) is 5.91 Å². The van der Waals surface area contributed by atoms with Crippen molar-refractivity contribution in [1.29, 1.82) is 0 Å². The van der Waals surface area contributed by atoms with Crippen molar-refractivity contribution in [2.24, 2.45) is 0 Å². The van der Waals surface area contributed by atoms with Gasteiger partial charge in [-0.3, -0.25) is 9.52 Å². The Labute approximate surface area is 59.7 Å². The van der Waals surface area contributed by atoms with Crippen molar-refractivity contribution < 1.29 is 4.79 Å². The van der Waals surface area contributed by atoms with Crippen LogP contribution in [0.25, 0.3) is 0 Å². The second-order valence-electron chi connectivity index (χ2n) is 1.52. The van der Waals surface area contributed by atoms with Crippen LogP contribution < -0.4 is 10.0 Å². The molecule has 0 spiro atoms. The molecule has 2 N–H and O–H groups in total. The molecule has 0 unspecified atom stereocenters. The first kappa shape index (κ1) is 8.78. The Morgan fingerprint density at radius 2 is 2.33 bits per heavy atom. The topological polar surface area (TPSA) is 41.1 Å². The van der Waals surface area contributed by atoms with Gasteiger partial charge in [-0.15, -0.1) is 0 Å². The molecule has 1 amide bonds. The molecule has 0 aliphatic rings. The van der Waals surface area contributed by atoms with Crippen LogP contribution in [0.3, 0.4) is 0 Å². The van der Waals surface area contributed by atoms with Gasteiger partial charge in [0.05, 0.1) is 5.88 Å². The first-order chi connectivity index (χ1) is 4.27. The van der Waals surface area contributed by atoms with Gasteiger partial charge >= 0.3 is 0 Å². The average Bonchev–Trinajstić information content (AvgIpc) is 1.80. The zero-order chi connectivity index (χ0) is 7.11. The van der Waals surface area contributed by atoms with E-state index < -0.39 is 0 Å². The maximum absolute atomic E-state index is 10.3. The summed E-state index contributed by atoms with van der Waals surface area (Å²) in [5, 5.41) is 2.64. The molecular formula is C5H12N2OS. The van der Waals surface area contributed by atoms with Gasteiger partial charge in [-0.1, -0.05) is 18.9 Å². The molecule has 0 aromatic heterocycles. The molecule has 0 aliphatic carbocycles. The quantitative estimate of drug-likeness (QED) is 0.343. The third-order valence-corrected chi connectivity index (χ3v) is 1.42. The van der Waals surface area contributed by atoms with Gasteiger partial charge in [0.1, 0.15) is 0 Å². The molecule has 9 heavy (non-hydrogen) atoms. The van der Waals surface area contributed by atoms with Crippen molar-refractivity contribution in [3.8, 4) is 0 Å². The fraction of sp³-hybridized carbons (Fsp3) is 0.800. The number of nitrogens with one attached hydrogen (secondary N) is 2. The third-order valence-electron chi connectivity index (χ3n) is 0.640. The summed E-state index contributed by atoms with van der Waals surface area (Å²) in [5.41, 5.74) is 0. The lowest BCUT2D eigenvalue weighted by atomic mass is 10.7. The number of hydrogen-bond acceptors (Lipinski definition) is 3. The molecule has 0 fully saturated rings. The van der Waals surface area contributed by atoms with E-state index in [1.165, 1.54) is 18.9 Å². The molecule has 54 valence electrons. The molecule has 0 saturated heterocycles. The van der Waals surface area contributed by atoms with Crippen molar-refractivity contribution in [2.45, 2.75) is 13.8 Å². The summed E-state index contributed by atoms with van der Waals surface area (Å²) in [7, 11) is 0. The van der Waals surface area contributed by atoms with Crippen LogP contribution in [0.5, 0.6) is 0 Å². The number of carbonyl (C=O) groups is 1. The normalized spacial score (nSPS) is 9.11. The van der Waals surface area contributed by atoms with E-state index in [1.807, 2.05) is 6.92 Å². The lowest BCUT2D eigenvalue weighted by molar-refractivity contribution is -0.118. The van der Waals surface area contributed by atoms with Crippen LogP contribution in [-0.2, 0) is 4.79 Å². The minimum absolute atomic E-state index is 0.0143. The molecule has 0 heterocycles. The Bertz CT molecular complexity index is 87.0. The summed E-state index contributed by atoms with van der Waals surface area (Å²) in [6.45, 7) is 4.44. The predicted molar refractivity (Wildman–Crippen MR) is 40.0 cm³/mol. The summed E-state index contributed by atoms with van der Waals surface area (Å²) in [5.74, 6) is 0.656. The smallest absolute Gasteiger partial charge is 0.217 e. The highest BCUT2D eigenvalue weighted by Gasteiger charge is 1.87. The number of amides is 1. The standard InChI is InChI=1S/C5H12N2OS/c1-3-7-9-4-6-5(2)8/h7H,3-4H2,1-2H3,(H,6,8). The Balaban J connectivity index is 2.83. The van der Waals surface area contributed by atoms with Gasteiger partial charge in [-0.05, 0) is 0 Å². The molecular weight excluding hydrogens is 136 g/mol. The molecule has 0 aliphatic heterocycles. The van der Waals surface area contributed by atoms with Crippen LogP contribution in [0.1, 0.15) is 13.8 Å². The van der Waals surface area contributed by atoms with Crippen molar-refractivity contribution in [3.63, 3.8) is 0 Å². The fourth-order valence-electron chi connectivity index (χ4n) is 0.291. The fourth-order valence-corrected chi connectivity index (χ4v) is 0.872. The zero-order valence-electron chi connectivity index (χ0n) is 5.73. The summed E-state index contributed by atoms with van der Waals surface area (Å²) in [6.07, 6.45) is 0. The lowest BCUT2D eigenvalue weighted by Gasteiger charge is -1.99. The van der Waals surface area contributed by atoms with Gasteiger partial charge in [0.25, 0.3) is 0 Å². The minimum atomic E-state index is 0.0143. The summed E-state index contributed by atoms with van der Waals surface area (Å²) in [6, 6.07) is 0. The van der Waals surface area contributed by atoms with E-state index in [4.69, 9.17) is 0 Å². The van der Waals surface area contributed by atoms with Gasteiger partial charge in [-0.2, -0.15) is 0 Å². The maximum atomic E-state index is 10.3. The molecule has 0 bridgehead atoms. The highest BCUT2D eigenvalue weighted by molar-refractivity contribution is 7.97. The lowest BCUT2D eigenvalue weighted by Crippen LogP contribution is -2.21. The van der Waals surface area contributed by atoms with E-state index in [0.29, 0.717) is 5.88 Å². The average molecular weight is 148 g/mol. The minimum Gasteiger partial charge on any atom is -0.346 e. The number of carbonyl (C=O) groups excluding carboxylic acids is 1. The highest BCUT2D eigenvalue weighted by atomic mass is 32.2. The van der Waals surface area contributed by atoms with Crippen molar-refractivity contribution in [1.82, 2.24) is 10.0 Å². The summed E-state index contributed by atoms with van der Waals surface area (Å²) in [4.78, 5) is 10.3. The summed E-state index contributed by atoms with van der Waals surface area (Å²) < 4.78 is 3.01. The summed E-state index contributed by atoms with van der Waals surface area (Å²) >= 11 is 1.50. The van der Waals surface area contributed by atoms with E-state index in [2.05, 4.69) is 10.0 Å². The largest absolute Gasteiger partial charge is 0.346 e. The zero-order valence-corrected chi connectivity index (χ0v) is 6.55. The Morgan fingerprint density at radius 1 is 1.67 bits per heavy atom. The van der Waals surface area contributed by atoms with Crippen molar-refractivity contribution >= 4 is 17.9 Å². The Hall–Kier alpha value is -0.220. The number of rotatable bonds is 4. The highest BCUT2D eigenvalue weighted by Crippen LogP contribution is 1.85. The van der Waals surface area contributed by atoms with E-state index in [-0.39, 0.29) is 5.91 Å². The van der Waals surface area contributed by atoms with Crippen LogP contribution >= 0.6 is 11.9 Å². The second-order valence-corrected chi connectivity index (χ2v) is 2.39. The van der Waals surface area contributed by atoms with Crippen LogP contribution in [0.4, 0.5) is 0 Å². The van der Waals surface area contributed by atoms with Gasteiger partial charge in [0.15, 0.2) is 0 Å². The molecule has 0 aromatic carbocycles. The first-order valence-electron chi connectivity index (χ1n) is 2.86. The van der Waals surface area contributed by atoms with Crippen LogP contribution in [0.2, 0.25) is 0 Å². The van der Waals surface area contributed by atoms with Crippen LogP contribution in [0.15, 0.2) is 0 Å². The molecule has 0 aromatic rings. The van der Waals surface area contributed by atoms with Gasteiger partial charge < -0.3 is 5.32 Å². The third kappa shape index (κ3) is 7.78. The molecule has 0 saturated carbocycles. The monoisotopic (exact) mass is 148 g/mol. The van der Waals surface area contributed by atoms with Gasteiger partial charge in [-0.25, -0.2) is 0 Å². The molecule has 3 nitrogen and oxygen atoms in total. The predicted octanol–water partition coefficient (Wildman–Crippen LogP) is 0.338. The van der Waals surface area contributed by atoms with E-state index in [1.54, 1.807) is 0 Å². The van der Waals surface area contributed by atoms with E-state index in [9.17, 15) is 4.79 Å². The number of hydrogen-bond donors (Lipinski definition) is 2. The molecule has 4 heteroatoms. The SMILES string of the molecule is CCNSCNC(C)=O. The van der Waals surface area contributed by atoms with Crippen molar-refractivity contribution in [3.05, 3.63) is 0 Å². The molecule has 0 rings (SSSR count). The molecule has 0 radical (unpaired) electrons. The van der Waals surface area contributed by atoms with Crippen LogP contribution in [-0.4, -0.2) is 18.3 Å². The second kappa shape index (κ2) is 5.91. The Morgan fingerprint density at radius 3 is 2.78 bits per heavy atom. The van der Waals surface area contributed by atoms with Crippen LogP contribution in [0, 0.1) is 0 Å². The van der Waals surface area contributed by atoms with E-state index in [0.717, 1.165) is 6.54 Å². The van der Waals surface area contributed by atoms with E-state index >= 15 is 0 Å². The molecule has 0 atom stereocenters. The maximum Gasteiger partial charge on any atom is 0.217 e.